The highest BCUT2D eigenvalue weighted by molar-refractivity contribution is 7.21. The second kappa shape index (κ2) is 6.28. The molecule has 1 aliphatic rings. The number of carbonyl (C=O) groups is 1. The number of carbonyl (C=O) groups excluding carboxylic acids is 1. The van der Waals surface area contributed by atoms with Gasteiger partial charge < -0.3 is 20.1 Å². The summed E-state index contributed by atoms with van der Waals surface area (Å²) in [7, 11) is 2.04. The average molecular weight is 370 g/mol. The van der Waals surface area contributed by atoms with Crippen LogP contribution in [0.15, 0.2) is 18.3 Å². The molecule has 3 aromatic rings. The van der Waals surface area contributed by atoms with E-state index in [4.69, 9.17) is 5.73 Å². The molecule has 8 heteroatoms. The Morgan fingerprint density at radius 3 is 2.58 bits per heavy atom. The van der Waals surface area contributed by atoms with E-state index in [9.17, 15) is 4.79 Å². The van der Waals surface area contributed by atoms with E-state index in [1.165, 1.54) is 17.2 Å². The zero-order valence-electron chi connectivity index (χ0n) is 15.2. The third-order valence-electron chi connectivity index (χ3n) is 5.14. The maximum absolute atomic E-state index is 13.0. The fourth-order valence-corrected chi connectivity index (χ4v) is 4.53. The van der Waals surface area contributed by atoms with Crippen molar-refractivity contribution in [2.75, 3.05) is 36.8 Å². The lowest BCUT2D eigenvalue weighted by Gasteiger charge is -2.36. The molecule has 0 unspecified atom stereocenters. The molecule has 0 saturated carbocycles. The van der Waals surface area contributed by atoms with Crippen LogP contribution in [-0.4, -0.2) is 51.8 Å². The van der Waals surface area contributed by atoms with Crippen LogP contribution in [0, 0.1) is 13.8 Å². The molecule has 0 aliphatic carbocycles. The molecule has 0 radical (unpaired) electrons. The predicted octanol–water partition coefficient (Wildman–Crippen LogP) is 2.19. The highest BCUT2D eigenvalue weighted by atomic mass is 32.1. The molecule has 2 N–H and O–H groups in total. The molecule has 0 atom stereocenters. The van der Waals surface area contributed by atoms with E-state index < -0.39 is 0 Å². The van der Waals surface area contributed by atoms with Crippen LogP contribution in [0.25, 0.3) is 10.2 Å². The molecular formula is C18H22N6OS. The molecule has 1 amide bonds. The molecule has 136 valence electrons. The number of thiophene rings is 1. The van der Waals surface area contributed by atoms with Crippen molar-refractivity contribution in [1.29, 1.82) is 0 Å². The number of amides is 1. The van der Waals surface area contributed by atoms with Gasteiger partial charge in [-0.25, -0.2) is 0 Å². The monoisotopic (exact) mass is 370 g/mol. The standard InChI is InChI=1S/C18H22N6OS/c1-11-12(2)20-21-17-14(11)15(19)16(26-17)18(25)24-9-7-23(8-10-24)13-5-4-6-22(13)3/h4-6H,7-10,19H2,1-3H3. The first kappa shape index (κ1) is 16.8. The van der Waals surface area contributed by atoms with E-state index >= 15 is 0 Å². The summed E-state index contributed by atoms with van der Waals surface area (Å²) in [5.41, 5.74) is 8.70. The molecule has 1 saturated heterocycles. The minimum Gasteiger partial charge on any atom is -0.397 e. The summed E-state index contributed by atoms with van der Waals surface area (Å²) in [6.45, 7) is 6.87. The number of nitrogen functional groups attached to an aromatic ring is 1. The molecule has 26 heavy (non-hydrogen) atoms. The normalized spacial score (nSPS) is 15.0. The van der Waals surface area contributed by atoms with Gasteiger partial charge in [-0.1, -0.05) is 0 Å². The van der Waals surface area contributed by atoms with E-state index in [0.29, 0.717) is 23.7 Å². The van der Waals surface area contributed by atoms with Crippen molar-refractivity contribution in [3.05, 3.63) is 34.5 Å². The summed E-state index contributed by atoms with van der Waals surface area (Å²) < 4.78 is 2.10. The molecule has 1 aliphatic heterocycles. The fourth-order valence-electron chi connectivity index (χ4n) is 3.46. The molecular weight excluding hydrogens is 348 g/mol. The van der Waals surface area contributed by atoms with Gasteiger partial charge in [-0.15, -0.1) is 16.4 Å². The molecule has 1 fully saturated rings. The topological polar surface area (TPSA) is 80.3 Å². The minimum atomic E-state index is -0.00548. The van der Waals surface area contributed by atoms with Gasteiger partial charge in [-0.05, 0) is 31.5 Å². The number of piperazine rings is 1. The van der Waals surface area contributed by atoms with Crippen LogP contribution < -0.4 is 10.6 Å². The van der Waals surface area contributed by atoms with Gasteiger partial charge in [0.2, 0.25) is 0 Å². The Labute approximate surface area is 156 Å². The van der Waals surface area contributed by atoms with E-state index in [0.717, 1.165) is 34.6 Å². The number of nitrogens with zero attached hydrogens (tertiary/aromatic N) is 5. The molecule has 0 spiro atoms. The first-order valence-corrected chi connectivity index (χ1v) is 9.46. The molecule has 7 nitrogen and oxygen atoms in total. The second-order valence-electron chi connectivity index (χ2n) is 6.69. The molecule has 0 bridgehead atoms. The van der Waals surface area contributed by atoms with E-state index in [1.54, 1.807) is 0 Å². The number of aromatic nitrogens is 3. The lowest BCUT2D eigenvalue weighted by atomic mass is 10.1. The molecule has 4 heterocycles. The number of aryl methyl sites for hydroxylation is 3. The first-order chi connectivity index (χ1) is 12.5. The summed E-state index contributed by atoms with van der Waals surface area (Å²) in [4.78, 5) is 18.5. The highest BCUT2D eigenvalue weighted by Gasteiger charge is 2.27. The lowest BCUT2D eigenvalue weighted by Crippen LogP contribution is -2.49. The van der Waals surface area contributed by atoms with Gasteiger partial charge in [-0.3, -0.25) is 4.79 Å². The van der Waals surface area contributed by atoms with Crippen molar-refractivity contribution in [3.63, 3.8) is 0 Å². The van der Waals surface area contributed by atoms with Gasteiger partial charge in [0, 0.05) is 44.8 Å². The summed E-state index contributed by atoms with van der Waals surface area (Å²) in [6.07, 6.45) is 2.04. The Bertz CT molecular complexity index is 983. The highest BCUT2D eigenvalue weighted by Crippen LogP contribution is 2.35. The predicted molar refractivity (Wildman–Crippen MR) is 105 cm³/mol. The zero-order chi connectivity index (χ0) is 18.4. The van der Waals surface area contributed by atoms with Crippen molar-refractivity contribution in [2.24, 2.45) is 7.05 Å². The smallest absolute Gasteiger partial charge is 0.266 e. The van der Waals surface area contributed by atoms with Crippen molar-refractivity contribution in [3.8, 4) is 0 Å². The number of hydrogen-bond donors (Lipinski definition) is 1. The maximum atomic E-state index is 13.0. The molecule has 0 aromatic carbocycles. The fraction of sp³-hybridized carbons (Fsp3) is 0.389. The average Bonchev–Trinajstić information content (AvgIpc) is 3.21. The van der Waals surface area contributed by atoms with Crippen LogP contribution in [0.2, 0.25) is 0 Å². The van der Waals surface area contributed by atoms with Crippen molar-refractivity contribution in [2.45, 2.75) is 13.8 Å². The Hall–Kier alpha value is -2.61. The summed E-state index contributed by atoms with van der Waals surface area (Å²) in [6, 6.07) is 4.14. The van der Waals surface area contributed by atoms with Gasteiger partial charge in [0.05, 0.1) is 11.4 Å². The van der Waals surface area contributed by atoms with Crippen LogP contribution in [0.5, 0.6) is 0 Å². The third kappa shape index (κ3) is 2.61. The van der Waals surface area contributed by atoms with Crippen LogP contribution >= 0.6 is 11.3 Å². The van der Waals surface area contributed by atoms with Crippen LogP contribution in [0.3, 0.4) is 0 Å². The van der Waals surface area contributed by atoms with E-state index in [2.05, 4.69) is 25.7 Å². The molecule has 4 rings (SSSR count). The van der Waals surface area contributed by atoms with Crippen LogP contribution in [0.1, 0.15) is 20.9 Å². The summed E-state index contributed by atoms with van der Waals surface area (Å²) in [5.74, 6) is 1.17. The van der Waals surface area contributed by atoms with Crippen molar-refractivity contribution < 1.29 is 4.79 Å². The minimum absolute atomic E-state index is 0.00548. The number of nitrogens with two attached hydrogens (primary N) is 1. The SMILES string of the molecule is Cc1nnc2sc(C(=O)N3CCN(c4cccn4C)CC3)c(N)c2c1C. The number of hydrogen-bond acceptors (Lipinski definition) is 6. The number of anilines is 2. The van der Waals surface area contributed by atoms with Crippen LogP contribution in [0.4, 0.5) is 11.5 Å². The van der Waals surface area contributed by atoms with Gasteiger partial charge in [0.1, 0.15) is 15.5 Å². The molecule has 3 aromatic heterocycles. The number of fused-ring (bicyclic) bond motifs is 1. The largest absolute Gasteiger partial charge is 0.397 e. The Morgan fingerprint density at radius 1 is 1.19 bits per heavy atom. The first-order valence-electron chi connectivity index (χ1n) is 8.64. The lowest BCUT2D eigenvalue weighted by molar-refractivity contribution is 0.0752. The van der Waals surface area contributed by atoms with Crippen LogP contribution in [-0.2, 0) is 7.05 Å². The van der Waals surface area contributed by atoms with Gasteiger partial charge in [-0.2, -0.15) is 5.10 Å². The Balaban J connectivity index is 1.56. The van der Waals surface area contributed by atoms with Crippen molar-refractivity contribution in [1.82, 2.24) is 19.7 Å². The van der Waals surface area contributed by atoms with Crippen molar-refractivity contribution >= 4 is 39.0 Å². The van der Waals surface area contributed by atoms with Gasteiger partial charge in [0.15, 0.2) is 0 Å². The zero-order valence-corrected chi connectivity index (χ0v) is 16.0. The summed E-state index contributed by atoms with van der Waals surface area (Å²) in [5, 5.41) is 9.23. The van der Waals surface area contributed by atoms with Gasteiger partial charge >= 0.3 is 0 Å². The number of rotatable bonds is 2. The Kier molecular flexibility index (Phi) is 4.07. The third-order valence-corrected chi connectivity index (χ3v) is 6.21. The van der Waals surface area contributed by atoms with E-state index in [-0.39, 0.29) is 5.91 Å². The maximum Gasteiger partial charge on any atom is 0.266 e. The quantitative estimate of drug-likeness (QED) is 0.748. The second-order valence-corrected chi connectivity index (χ2v) is 7.69. The Morgan fingerprint density at radius 2 is 1.92 bits per heavy atom. The van der Waals surface area contributed by atoms with Gasteiger partial charge in [0.25, 0.3) is 5.91 Å². The summed E-state index contributed by atoms with van der Waals surface area (Å²) >= 11 is 1.34. The van der Waals surface area contributed by atoms with E-state index in [1.807, 2.05) is 38.1 Å².